The first-order chi connectivity index (χ1) is 7.59. The standard InChI is InChI=1S/C13H19ClN2/c1-9(2)16-6-4-5-12(16)11-8-15-13(14)7-10(11)3/h7-9,12H,4-6H2,1-3H3. The average molecular weight is 239 g/mol. The topological polar surface area (TPSA) is 16.1 Å². The zero-order valence-electron chi connectivity index (χ0n) is 10.2. The van der Waals surface area contributed by atoms with E-state index in [1.54, 1.807) is 0 Å². The van der Waals surface area contributed by atoms with Gasteiger partial charge in [0, 0.05) is 18.3 Å². The molecule has 0 aromatic carbocycles. The second kappa shape index (κ2) is 4.72. The Morgan fingerprint density at radius 3 is 2.88 bits per heavy atom. The van der Waals surface area contributed by atoms with E-state index in [9.17, 15) is 0 Å². The van der Waals surface area contributed by atoms with Gasteiger partial charge in [0.05, 0.1) is 0 Å². The summed E-state index contributed by atoms with van der Waals surface area (Å²) >= 11 is 5.90. The van der Waals surface area contributed by atoms with Crippen LogP contribution < -0.4 is 0 Å². The molecule has 1 aliphatic heterocycles. The third-order valence-corrected chi connectivity index (χ3v) is 3.64. The molecule has 1 saturated heterocycles. The van der Waals surface area contributed by atoms with Crippen molar-refractivity contribution in [1.29, 1.82) is 0 Å². The van der Waals surface area contributed by atoms with Crippen LogP contribution in [0.1, 0.15) is 43.9 Å². The van der Waals surface area contributed by atoms with Gasteiger partial charge in [-0.2, -0.15) is 0 Å². The number of rotatable bonds is 2. The van der Waals surface area contributed by atoms with Crippen LogP contribution in [-0.4, -0.2) is 22.5 Å². The maximum absolute atomic E-state index is 5.90. The number of aromatic nitrogens is 1. The van der Waals surface area contributed by atoms with Crippen molar-refractivity contribution in [3.05, 3.63) is 28.5 Å². The minimum Gasteiger partial charge on any atom is -0.294 e. The lowest BCUT2D eigenvalue weighted by atomic mass is 10.0. The summed E-state index contributed by atoms with van der Waals surface area (Å²) in [4.78, 5) is 6.77. The minimum atomic E-state index is 0.532. The molecule has 0 saturated carbocycles. The van der Waals surface area contributed by atoms with Crippen molar-refractivity contribution in [1.82, 2.24) is 9.88 Å². The maximum Gasteiger partial charge on any atom is 0.129 e. The van der Waals surface area contributed by atoms with Crippen LogP contribution in [0.25, 0.3) is 0 Å². The lowest BCUT2D eigenvalue weighted by Crippen LogP contribution is -2.30. The number of hydrogen-bond donors (Lipinski definition) is 0. The highest BCUT2D eigenvalue weighted by Crippen LogP contribution is 2.35. The molecule has 2 nitrogen and oxygen atoms in total. The monoisotopic (exact) mass is 238 g/mol. The SMILES string of the molecule is Cc1cc(Cl)ncc1C1CCCN1C(C)C. The number of hydrogen-bond acceptors (Lipinski definition) is 2. The lowest BCUT2D eigenvalue weighted by molar-refractivity contribution is 0.205. The molecule has 0 bridgehead atoms. The molecule has 0 aliphatic carbocycles. The first kappa shape index (κ1) is 11.9. The summed E-state index contributed by atoms with van der Waals surface area (Å²) in [5.41, 5.74) is 2.60. The second-order valence-corrected chi connectivity index (χ2v) is 5.24. The second-order valence-electron chi connectivity index (χ2n) is 4.85. The Labute approximate surface area is 103 Å². The molecular formula is C13H19ClN2. The highest BCUT2D eigenvalue weighted by atomic mass is 35.5. The minimum absolute atomic E-state index is 0.532. The first-order valence-corrected chi connectivity index (χ1v) is 6.35. The Morgan fingerprint density at radius 2 is 2.25 bits per heavy atom. The van der Waals surface area contributed by atoms with Crippen molar-refractivity contribution in [3.63, 3.8) is 0 Å². The van der Waals surface area contributed by atoms with Gasteiger partial charge in [0.25, 0.3) is 0 Å². The summed E-state index contributed by atoms with van der Waals surface area (Å²) in [6.07, 6.45) is 4.47. The Morgan fingerprint density at radius 1 is 1.50 bits per heavy atom. The molecule has 16 heavy (non-hydrogen) atoms. The van der Waals surface area contributed by atoms with E-state index in [2.05, 4.69) is 30.7 Å². The van der Waals surface area contributed by atoms with Crippen LogP contribution in [0, 0.1) is 6.92 Å². The fourth-order valence-corrected chi connectivity index (χ4v) is 2.83. The first-order valence-electron chi connectivity index (χ1n) is 5.97. The summed E-state index contributed by atoms with van der Waals surface area (Å²) in [6.45, 7) is 7.85. The van der Waals surface area contributed by atoms with Crippen molar-refractivity contribution in [2.75, 3.05) is 6.54 Å². The summed E-state index contributed by atoms with van der Waals surface area (Å²) in [7, 11) is 0. The molecular weight excluding hydrogens is 220 g/mol. The van der Waals surface area contributed by atoms with E-state index in [0.717, 1.165) is 0 Å². The van der Waals surface area contributed by atoms with Gasteiger partial charge >= 0.3 is 0 Å². The number of nitrogens with zero attached hydrogens (tertiary/aromatic N) is 2. The van der Waals surface area contributed by atoms with Gasteiger partial charge in [-0.05, 0) is 57.4 Å². The predicted molar refractivity (Wildman–Crippen MR) is 67.8 cm³/mol. The smallest absolute Gasteiger partial charge is 0.129 e. The molecule has 0 amide bonds. The third-order valence-electron chi connectivity index (χ3n) is 3.43. The molecule has 1 aromatic heterocycles. The van der Waals surface area contributed by atoms with Crippen molar-refractivity contribution in [2.45, 2.75) is 45.7 Å². The van der Waals surface area contributed by atoms with E-state index in [0.29, 0.717) is 17.2 Å². The van der Waals surface area contributed by atoms with Crippen LogP contribution in [0.5, 0.6) is 0 Å². The van der Waals surface area contributed by atoms with E-state index in [4.69, 9.17) is 11.6 Å². The molecule has 2 heterocycles. The van der Waals surface area contributed by atoms with Crippen LogP contribution in [0.4, 0.5) is 0 Å². The van der Waals surface area contributed by atoms with Crippen LogP contribution in [-0.2, 0) is 0 Å². The van der Waals surface area contributed by atoms with E-state index < -0.39 is 0 Å². The highest BCUT2D eigenvalue weighted by Gasteiger charge is 2.28. The highest BCUT2D eigenvalue weighted by molar-refractivity contribution is 6.29. The molecule has 1 unspecified atom stereocenters. The molecule has 1 aromatic rings. The average Bonchev–Trinajstić information content (AvgIpc) is 2.66. The molecule has 2 rings (SSSR count). The van der Waals surface area contributed by atoms with Gasteiger partial charge in [0.2, 0.25) is 0 Å². The van der Waals surface area contributed by atoms with Gasteiger partial charge in [-0.25, -0.2) is 4.98 Å². The summed E-state index contributed by atoms with van der Waals surface area (Å²) < 4.78 is 0. The predicted octanol–water partition coefficient (Wildman–Crippen LogP) is 3.59. The lowest BCUT2D eigenvalue weighted by Gasteiger charge is -2.29. The van der Waals surface area contributed by atoms with Crippen LogP contribution in [0.3, 0.4) is 0 Å². The van der Waals surface area contributed by atoms with Gasteiger partial charge in [0.1, 0.15) is 5.15 Å². The van der Waals surface area contributed by atoms with Gasteiger partial charge in [-0.15, -0.1) is 0 Å². The van der Waals surface area contributed by atoms with E-state index >= 15 is 0 Å². The molecule has 1 fully saturated rings. The fraction of sp³-hybridized carbons (Fsp3) is 0.615. The Bertz CT molecular complexity index is 376. The van der Waals surface area contributed by atoms with Crippen LogP contribution in [0.15, 0.2) is 12.3 Å². The molecule has 88 valence electrons. The van der Waals surface area contributed by atoms with Gasteiger partial charge in [-0.3, -0.25) is 4.90 Å². The number of likely N-dealkylation sites (tertiary alicyclic amines) is 1. The Kier molecular flexibility index (Phi) is 3.50. The molecule has 1 aliphatic rings. The van der Waals surface area contributed by atoms with E-state index in [-0.39, 0.29) is 0 Å². The summed E-state index contributed by atoms with van der Waals surface area (Å²) in [5.74, 6) is 0. The van der Waals surface area contributed by atoms with Crippen LogP contribution in [0.2, 0.25) is 5.15 Å². The molecule has 1 atom stereocenters. The van der Waals surface area contributed by atoms with Crippen LogP contribution >= 0.6 is 11.6 Å². The van der Waals surface area contributed by atoms with E-state index in [1.165, 1.54) is 30.5 Å². The van der Waals surface area contributed by atoms with Crippen molar-refractivity contribution < 1.29 is 0 Å². The summed E-state index contributed by atoms with van der Waals surface area (Å²) in [6, 6.07) is 3.10. The third kappa shape index (κ3) is 2.23. The maximum atomic E-state index is 5.90. The largest absolute Gasteiger partial charge is 0.294 e. The molecule has 0 radical (unpaired) electrons. The van der Waals surface area contributed by atoms with Crippen molar-refractivity contribution >= 4 is 11.6 Å². The summed E-state index contributed by atoms with van der Waals surface area (Å²) in [5, 5.41) is 0.593. The molecule has 0 N–H and O–H groups in total. The van der Waals surface area contributed by atoms with Gasteiger partial charge in [0.15, 0.2) is 0 Å². The normalized spacial score (nSPS) is 21.9. The molecule has 0 spiro atoms. The van der Waals surface area contributed by atoms with Crippen molar-refractivity contribution in [2.24, 2.45) is 0 Å². The number of halogens is 1. The van der Waals surface area contributed by atoms with Crippen molar-refractivity contribution in [3.8, 4) is 0 Å². The van der Waals surface area contributed by atoms with Gasteiger partial charge < -0.3 is 0 Å². The van der Waals surface area contributed by atoms with Gasteiger partial charge in [-0.1, -0.05) is 11.6 Å². The fourth-order valence-electron chi connectivity index (χ4n) is 2.62. The number of pyridine rings is 1. The Balaban J connectivity index is 2.29. The quantitative estimate of drug-likeness (QED) is 0.732. The number of aryl methyl sites for hydroxylation is 1. The zero-order chi connectivity index (χ0) is 11.7. The Hall–Kier alpha value is -0.600. The molecule has 3 heteroatoms. The zero-order valence-corrected chi connectivity index (χ0v) is 11.0. The van der Waals surface area contributed by atoms with E-state index in [1.807, 2.05) is 12.3 Å².